The van der Waals surface area contributed by atoms with Gasteiger partial charge in [-0.2, -0.15) is 0 Å². The summed E-state index contributed by atoms with van der Waals surface area (Å²) in [6.45, 7) is 2.47. The molecule has 18 heavy (non-hydrogen) atoms. The predicted molar refractivity (Wildman–Crippen MR) is 68.0 cm³/mol. The Labute approximate surface area is 109 Å². The predicted octanol–water partition coefficient (Wildman–Crippen LogP) is -1.28. The van der Waals surface area contributed by atoms with E-state index in [1.54, 1.807) is 0 Å². The molecule has 0 radical (unpaired) electrons. The first kappa shape index (κ1) is 20.1. The third kappa shape index (κ3) is 7.25. The second kappa shape index (κ2) is 10.7. The van der Waals surface area contributed by atoms with Crippen molar-refractivity contribution >= 4 is 0 Å². The van der Waals surface area contributed by atoms with Crippen molar-refractivity contribution in [1.29, 1.82) is 0 Å². The molecule has 112 valence electrons. The van der Waals surface area contributed by atoms with Gasteiger partial charge < -0.3 is 30.6 Å². The molecule has 0 saturated heterocycles. The van der Waals surface area contributed by atoms with E-state index in [0.717, 1.165) is 12.8 Å². The zero-order valence-electron chi connectivity index (χ0n) is 11.3. The van der Waals surface area contributed by atoms with Crippen molar-refractivity contribution in [2.75, 3.05) is 39.6 Å². The van der Waals surface area contributed by atoms with E-state index in [0.29, 0.717) is 0 Å². The first-order chi connectivity index (χ1) is 8.42. The van der Waals surface area contributed by atoms with Crippen LogP contribution in [-0.2, 0) is 0 Å². The van der Waals surface area contributed by atoms with Gasteiger partial charge in [-0.25, -0.2) is 0 Å². The lowest BCUT2D eigenvalue weighted by atomic mass is 9.88. The van der Waals surface area contributed by atoms with Crippen molar-refractivity contribution in [1.82, 2.24) is 0 Å². The minimum absolute atomic E-state index is 0.0807. The van der Waals surface area contributed by atoms with Crippen molar-refractivity contribution in [3.63, 3.8) is 0 Å². The van der Waals surface area contributed by atoms with Crippen LogP contribution in [0.5, 0.6) is 0 Å². The van der Waals surface area contributed by atoms with E-state index in [4.69, 9.17) is 30.6 Å². The van der Waals surface area contributed by atoms with Gasteiger partial charge in [0.15, 0.2) is 0 Å². The second-order valence-electron chi connectivity index (χ2n) is 5.01. The van der Waals surface area contributed by atoms with Crippen molar-refractivity contribution in [3.8, 4) is 0 Å². The Balaban J connectivity index is 0. The maximum Gasteiger partial charge on any atom is 0.0627 e. The molecule has 0 spiro atoms. The summed E-state index contributed by atoms with van der Waals surface area (Å²) < 4.78 is 0. The van der Waals surface area contributed by atoms with Gasteiger partial charge in [0.2, 0.25) is 0 Å². The summed E-state index contributed by atoms with van der Waals surface area (Å²) in [6.07, 6.45) is 1.90. The molecule has 6 nitrogen and oxygen atoms in total. The van der Waals surface area contributed by atoms with Gasteiger partial charge in [0.25, 0.3) is 0 Å². The zero-order valence-corrected chi connectivity index (χ0v) is 11.3. The normalized spacial score (nSPS) is 12.0. The van der Waals surface area contributed by atoms with Crippen LogP contribution in [0.2, 0.25) is 0 Å². The molecule has 6 heteroatoms. The molecule has 0 rings (SSSR count). The number of hydrogen-bond donors (Lipinski definition) is 6. The van der Waals surface area contributed by atoms with Crippen LogP contribution < -0.4 is 0 Å². The fourth-order valence-corrected chi connectivity index (χ4v) is 1.11. The van der Waals surface area contributed by atoms with Crippen LogP contribution in [0, 0.1) is 10.8 Å². The van der Waals surface area contributed by atoms with Crippen molar-refractivity contribution in [2.24, 2.45) is 10.8 Å². The first-order valence-corrected chi connectivity index (χ1v) is 6.08. The quantitative estimate of drug-likeness (QED) is 0.326. The fourth-order valence-electron chi connectivity index (χ4n) is 1.11. The summed E-state index contributed by atoms with van der Waals surface area (Å²) in [7, 11) is 0. The van der Waals surface area contributed by atoms with Crippen LogP contribution >= 0.6 is 0 Å². The molecule has 0 unspecified atom stereocenters. The molecule has 0 aliphatic carbocycles. The van der Waals surface area contributed by atoms with Crippen LogP contribution in [-0.4, -0.2) is 70.3 Å². The standard InChI is InChI=1S/C7H16O2.C5H12O4/c1-3-4-7(2,5-8)6-9;6-1-5(2-7,3-8)4-9/h8-9H,3-6H2,1-2H3;6-9H,1-4H2. The molecule has 0 bridgehead atoms. The minimum Gasteiger partial charge on any atom is -0.396 e. The lowest BCUT2D eigenvalue weighted by Gasteiger charge is -2.23. The van der Waals surface area contributed by atoms with Gasteiger partial charge in [-0.15, -0.1) is 0 Å². The summed E-state index contributed by atoms with van der Waals surface area (Å²) in [4.78, 5) is 0. The molecule has 0 aromatic carbocycles. The molecule has 0 amide bonds. The zero-order chi connectivity index (χ0) is 14.7. The minimum atomic E-state index is -1.11. The van der Waals surface area contributed by atoms with Crippen LogP contribution in [0.3, 0.4) is 0 Å². The molecule has 0 atom stereocenters. The van der Waals surface area contributed by atoms with Gasteiger partial charge in [-0.1, -0.05) is 20.3 Å². The lowest BCUT2D eigenvalue weighted by Crippen LogP contribution is -2.37. The Hall–Kier alpha value is -0.240. The molecule has 0 aliphatic heterocycles. The Bertz CT molecular complexity index is 160. The highest BCUT2D eigenvalue weighted by Crippen LogP contribution is 2.20. The largest absolute Gasteiger partial charge is 0.396 e. The van der Waals surface area contributed by atoms with E-state index in [1.807, 2.05) is 13.8 Å². The average Bonchev–Trinajstić information content (AvgIpc) is 2.43. The van der Waals surface area contributed by atoms with Crippen molar-refractivity contribution in [3.05, 3.63) is 0 Å². The fraction of sp³-hybridized carbons (Fsp3) is 1.00. The molecular formula is C12H28O6. The molecule has 0 saturated carbocycles. The third-order valence-corrected chi connectivity index (χ3v) is 2.96. The number of aliphatic hydroxyl groups excluding tert-OH is 6. The Morgan fingerprint density at radius 3 is 1.06 bits per heavy atom. The number of hydrogen-bond acceptors (Lipinski definition) is 6. The van der Waals surface area contributed by atoms with Crippen LogP contribution in [0.4, 0.5) is 0 Å². The monoisotopic (exact) mass is 268 g/mol. The summed E-state index contributed by atoms with van der Waals surface area (Å²) >= 11 is 0. The van der Waals surface area contributed by atoms with Gasteiger partial charge >= 0.3 is 0 Å². The Morgan fingerprint density at radius 2 is 1.00 bits per heavy atom. The van der Waals surface area contributed by atoms with Crippen LogP contribution in [0.25, 0.3) is 0 Å². The first-order valence-electron chi connectivity index (χ1n) is 6.08. The molecular weight excluding hydrogens is 240 g/mol. The topological polar surface area (TPSA) is 121 Å². The molecule has 0 fully saturated rings. The van der Waals surface area contributed by atoms with E-state index >= 15 is 0 Å². The number of aliphatic hydroxyl groups is 6. The molecule has 0 aliphatic rings. The number of rotatable bonds is 8. The molecule has 0 aromatic heterocycles. The summed E-state index contributed by atoms with van der Waals surface area (Å²) in [5.74, 6) is 0. The van der Waals surface area contributed by atoms with Crippen molar-refractivity contribution < 1.29 is 30.6 Å². The smallest absolute Gasteiger partial charge is 0.0627 e. The lowest BCUT2D eigenvalue weighted by molar-refractivity contribution is -0.0328. The Kier molecular flexibility index (Phi) is 11.9. The van der Waals surface area contributed by atoms with Gasteiger partial charge in [0.05, 0.1) is 45.1 Å². The maximum absolute atomic E-state index is 8.76. The second-order valence-corrected chi connectivity index (χ2v) is 5.01. The third-order valence-electron chi connectivity index (χ3n) is 2.96. The summed E-state index contributed by atoms with van der Waals surface area (Å²) in [5, 5.41) is 51.5. The molecule has 0 aromatic rings. The van der Waals surface area contributed by atoms with E-state index in [-0.39, 0.29) is 18.6 Å². The highest BCUT2D eigenvalue weighted by Gasteiger charge is 2.26. The van der Waals surface area contributed by atoms with Crippen molar-refractivity contribution in [2.45, 2.75) is 26.7 Å². The van der Waals surface area contributed by atoms with Gasteiger partial charge in [0, 0.05) is 5.41 Å². The van der Waals surface area contributed by atoms with Gasteiger partial charge in [-0.3, -0.25) is 0 Å². The summed E-state index contributed by atoms with van der Waals surface area (Å²) in [6, 6.07) is 0. The molecule has 6 N–H and O–H groups in total. The average molecular weight is 268 g/mol. The van der Waals surface area contributed by atoms with E-state index in [2.05, 4.69) is 0 Å². The maximum atomic E-state index is 8.76. The molecule has 0 heterocycles. The van der Waals surface area contributed by atoms with Gasteiger partial charge in [0.1, 0.15) is 0 Å². The SMILES string of the molecule is CCCC(C)(CO)CO.OCC(CO)(CO)CO. The van der Waals surface area contributed by atoms with E-state index < -0.39 is 31.8 Å². The highest BCUT2D eigenvalue weighted by molar-refractivity contribution is 4.75. The van der Waals surface area contributed by atoms with Gasteiger partial charge in [-0.05, 0) is 6.42 Å². The Morgan fingerprint density at radius 1 is 0.667 bits per heavy atom. The highest BCUT2D eigenvalue weighted by atomic mass is 16.3. The van der Waals surface area contributed by atoms with E-state index in [1.165, 1.54) is 0 Å². The van der Waals surface area contributed by atoms with Crippen LogP contribution in [0.1, 0.15) is 26.7 Å². The van der Waals surface area contributed by atoms with Crippen LogP contribution in [0.15, 0.2) is 0 Å². The summed E-state index contributed by atoms with van der Waals surface area (Å²) in [5.41, 5.74) is -1.37. The van der Waals surface area contributed by atoms with E-state index in [9.17, 15) is 0 Å².